The lowest BCUT2D eigenvalue weighted by molar-refractivity contribution is -0.0581. The van der Waals surface area contributed by atoms with E-state index in [2.05, 4.69) is 9.97 Å². The van der Waals surface area contributed by atoms with Gasteiger partial charge in [0.15, 0.2) is 12.1 Å². The second-order valence-corrected chi connectivity index (χ2v) is 8.29. The van der Waals surface area contributed by atoms with Crippen molar-refractivity contribution in [3.8, 4) is 0 Å². The molecular formula is C22H24N4O4. The number of oxazole rings is 1. The molecule has 2 N–H and O–H groups in total. The van der Waals surface area contributed by atoms with E-state index >= 15 is 0 Å². The molecule has 8 nitrogen and oxygen atoms in total. The van der Waals surface area contributed by atoms with E-state index < -0.39 is 0 Å². The van der Waals surface area contributed by atoms with E-state index in [1.54, 1.807) is 9.80 Å². The van der Waals surface area contributed by atoms with Gasteiger partial charge in [-0.05, 0) is 43.5 Å². The fraction of sp³-hybridized carbons (Fsp3) is 0.409. The van der Waals surface area contributed by atoms with Crippen molar-refractivity contribution < 1.29 is 19.1 Å². The maximum absolute atomic E-state index is 13.3. The summed E-state index contributed by atoms with van der Waals surface area (Å²) in [6, 6.07) is 7.31. The fourth-order valence-corrected chi connectivity index (χ4v) is 5.02. The number of piperidine rings is 2. The first-order valence-electron chi connectivity index (χ1n) is 10.3. The summed E-state index contributed by atoms with van der Waals surface area (Å²) in [6.07, 6.45) is 6.76. The van der Waals surface area contributed by atoms with Crippen molar-refractivity contribution in [2.45, 2.75) is 25.3 Å². The summed E-state index contributed by atoms with van der Waals surface area (Å²) < 4.78 is 4.98. The number of nitrogens with one attached hydrogen (secondary N) is 1. The smallest absolute Gasteiger partial charge is 0.276 e. The number of carbonyl (C=O) groups is 2. The molecule has 30 heavy (non-hydrogen) atoms. The van der Waals surface area contributed by atoms with Gasteiger partial charge in [-0.3, -0.25) is 9.59 Å². The van der Waals surface area contributed by atoms with E-state index in [1.165, 1.54) is 12.7 Å². The summed E-state index contributed by atoms with van der Waals surface area (Å²) in [6.45, 7) is 1.54. The first-order valence-corrected chi connectivity index (χ1v) is 10.3. The standard InChI is InChI=1S/C22H24N4O4/c27-13-22-5-1-8-26(21(29)18-12-30-14-24-18)19(22)11-25(9-6-22)20(28)16-2-3-17-15(10-16)4-7-23-17/h2-4,7,10,12,14,19,23,27H,1,5-6,8-9,11,13H2/t19-,22-/m0/s1. The Kier molecular flexibility index (Phi) is 4.58. The molecule has 0 unspecified atom stereocenters. The number of hydrogen-bond donors (Lipinski definition) is 2. The highest BCUT2D eigenvalue weighted by atomic mass is 16.3. The van der Waals surface area contributed by atoms with Crippen molar-refractivity contribution in [2.75, 3.05) is 26.2 Å². The number of rotatable bonds is 3. The van der Waals surface area contributed by atoms with Crippen molar-refractivity contribution in [1.82, 2.24) is 19.8 Å². The van der Waals surface area contributed by atoms with Crippen molar-refractivity contribution in [2.24, 2.45) is 5.41 Å². The number of nitrogens with zero attached hydrogens (tertiary/aromatic N) is 3. The van der Waals surface area contributed by atoms with Crippen LogP contribution < -0.4 is 0 Å². The average Bonchev–Trinajstić information content (AvgIpc) is 3.48. The number of fused-ring (bicyclic) bond motifs is 2. The first-order chi connectivity index (χ1) is 14.6. The molecule has 2 amide bonds. The molecule has 2 aromatic heterocycles. The predicted molar refractivity (Wildman–Crippen MR) is 109 cm³/mol. The number of carbonyl (C=O) groups excluding carboxylic acids is 2. The number of aliphatic hydroxyl groups is 1. The molecule has 1 aromatic carbocycles. The van der Waals surface area contributed by atoms with E-state index in [1.807, 2.05) is 30.5 Å². The molecule has 5 rings (SSSR count). The quantitative estimate of drug-likeness (QED) is 0.692. The molecule has 0 spiro atoms. The molecule has 2 atom stereocenters. The minimum atomic E-state index is -0.390. The Balaban J connectivity index is 1.43. The Morgan fingerprint density at radius 1 is 1.23 bits per heavy atom. The number of H-pyrrole nitrogens is 1. The molecule has 2 aliphatic rings. The second kappa shape index (κ2) is 7.28. The monoisotopic (exact) mass is 408 g/mol. The third kappa shape index (κ3) is 2.99. The molecule has 0 aliphatic carbocycles. The normalized spacial score (nSPS) is 24.1. The summed E-state index contributed by atoms with van der Waals surface area (Å²) in [5.41, 5.74) is 1.48. The van der Waals surface area contributed by atoms with Gasteiger partial charge in [-0.25, -0.2) is 4.98 Å². The van der Waals surface area contributed by atoms with Crippen molar-refractivity contribution >= 4 is 22.7 Å². The molecule has 2 fully saturated rings. The van der Waals surface area contributed by atoms with Gasteiger partial charge < -0.3 is 24.3 Å². The van der Waals surface area contributed by atoms with Gasteiger partial charge in [-0.2, -0.15) is 0 Å². The van der Waals surface area contributed by atoms with Crippen molar-refractivity contribution in [1.29, 1.82) is 0 Å². The van der Waals surface area contributed by atoms with Gasteiger partial charge >= 0.3 is 0 Å². The Morgan fingerprint density at radius 3 is 2.93 bits per heavy atom. The third-order valence-electron chi connectivity index (χ3n) is 6.74. The number of likely N-dealkylation sites (tertiary alicyclic amines) is 2. The van der Waals surface area contributed by atoms with E-state index in [0.29, 0.717) is 31.6 Å². The van der Waals surface area contributed by atoms with Crippen LogP contribution in [0.1, 0.15) is 40.1 Å². The molecule has 0 bridgehead atoms. The molecular weight excluding hydrogens is 384 g/mol. The van der Waals surface area contributed by atoms with E-state index in [-0.39, 0.29) is 35.6 Å². The zero-order valence-corrected chi connectivity index (χ0v) is 16.6. The number of aromatic amines is 1. The minimum Gasteiger partial charge on any atom is -0.451 e. The Hall–Kier alpha value is -3.13. The van der Waals surface area contributed by atoms with Crippen LogP contribution in [0.4, 0.5) is 0 Å². The third-order valence-corrected chi connectivity index (χ3v) is 6.74. The van der Waals surface area contributed by atoms with E-state index in [9.17, 15) is 14.7 Å². The lowest BCUT2D eigenvalue weighted by Gasteiger charge is -2.54. The number of benzene rings is 1. The molecule has 156 valence electrons. The van der Waals surface area contributed by atoms with Gasteiger partial charge in [-0.15, -0.1) is 0 Å². The van der Waals surface area contributed by atoms with Crippen LogP contribution in [0.25, 0.3) is 10.9 Å². The van der Waals surface area contributed by atoms with Gasteiger partial charge in [0.2, 0.25) is 0 Å². The summed E-state index contributed by atoms with van der Waals surface area (Å²) >= 11 is 0. The number of aliphatic hydroxyl groups excluding tert-OH is 1. The fourth-order valence-electron chi connectivity index (χ4n) is 5.02. The highest BCUT2D eigenvalue weighted by Gasteiger charge is 2.50. The van der Waals surface area contributed by atoms with Gasteiger partial charge in [0.05, 0.1) is 12.6 Å². The molecule has 4 heterocycles. The lowest BCUT2D eigenvalue weighted by atomic mass is 9.68. The zero-order valence-electron chi connectivity index (χ0n) is 16.6. The zero-order chi connectivity index (χ0) is 20.7. The number of hydrogen-bond acceptors (Lipinski definition) is 5. The lowest BCUT2D eigenvalue weighted by Crippen LogP contribution is -2.64. The van der Waals surface area contributed by atoms with Crippen LogP contribution in [0, 0.1) is 5.41 Å². The molecule has 3 aromatic rings. The largest absolute Gasteiger partial charge is 0.451 e. The average molecular weight is 408 g/mol. The molecule has 8 heteroatoms. The van der Waals surface area contributed by atoms with Gasteiger partial charge in [-0.1, -0.05) is 0 Å². The Bertz CT molecular complexity index is 1080. The Morgan fingerprint density at radius 2 is 2.13 bits per heavy atom. The molecule has 2 saturated heterocycles. The van der Waals surface area contributed by atoms with Crippen LogP contribution >= 0.6 is 0 Å². The molecule has 0 radical (unpaired) electrons. The van der Waals surface area contributed by atoms with E-state index in [0.717, 1.165) is 23.7 Å². The topological polar surface area (TPSA) is 103 Å². The maximum atomic E-state index is 13.3. The van der Waals surface area contributed by atoms with Gasteiger partial charge in [0.25, 0.3) is 11.8 Å². The van der Waals surface area contributed by atoms with Crippen LogP contribution in [0.2, 0.25) is 0 Å². The van der Waals surface area contributed by atoms with Crippen molar-refractivity contribution in [3.05, 3.63) is 54.4 Å². The van der Waals surface area contributed by atoms with Crippen LogP contribution in [0.3, 0.4) is 0 Å². The minimum absolute atomic E-state index is 0.00238. The van der Waals surface area contributed by atoms with Gasteiger partial charge in [0.1, 0.15) is 6.26 Å². The SMILES string of the molecule is O=C(c1ccc2[nH]ccc2c1)N1CC[C@]2(CO)CCCN(C(=O)c3cocn3)[C@H]2C1. The molecule has 2 aliphatic heterocycles. The summed E-state index contributed by atoms with van der Waals surface area (Å²) in [5.74, 6) is -0.265. The predicted octanol–water partition coefficient (Wildman–Crippen LogP) is 2.29. The summed E-state index contributed by atoms with van der Waals surface area (Å²) in [7, 11) is 0. The second-order valence-electron chi connectivity index (χ2n) is 8.29. The highest BCUT2D eigenvalue weighted by Crippen LogP contribution is 2.42. The Labute approximate surface area is 173 Å². The summed E-state index contributed by atoms with van der Waals surface area (Å²) in [4.78, 5) is 37.0. The van der Waals surface area contributed by atoms with Crippen LogP contribution in [0.15, 0.2) is 47.5 Å². The van der Waals surface area contributed by atoms with E-state index in [4.69, 9.17) is 4.42 Å². The van der Waals surface area contributed by atoms with Crippen LogP contribution in [-0.2, 0) is 0 Å². The maximum Gasteiger partial charge on any atom is 0.276 e. The van der Waals surface area contributed by atoms with Gasteiger partial charge in [0, 0.05) is 47.7 Å². The number of amides is 2. The van der Waals surface area contributed by atoms with Crippen molar-refractivity contribution in [3.63, 3.8) is 0 Å². The highest BCUT2D eigenvalue weighted by molar-refractivity contribution is 5.98. The first kappa shape index (κ1) is 18.9. The summed E-state index contributed by atoms with van der Waals surface area (Å²) in [5, 5.41) is 11.3. The molecule has 0 saturated carbocycles. The van der Waals surface area contributed by atoms with Crippen LogP contribution in [0.5, 0.6) is 0 Å². The van der Waals surface area contributed by atoms with Crippen LogP contribution in [-0.4, -0.2) is 69.0 Å². The number of aromatic nitrogens is 2.